The van der Waals surface area contributed by atoms with Gasteiger partial charge in [-0.25, -0.2) is 0 Å². The van der Waals surface area contributed by atoms with E-state index < -0.39 is 12.2 Å². The zero-order valence-corrected chi connectivity index (χ0v) is 6.68. The number of aromatic nitrogens is 2. The highest BCUT2D eigenvalue weighted by atomic mass is 19.4. The zero-order chi connectivity index (χ0) is 9.35. The Balaban J connectivity index is 2.92. The summed E-state index contributed by atoms with van der Waals surface area (Å²) in [5, 5.41) is 3.52. The molecule has 0 aliphatic heterocycles. The topological polar surface area (TPSA) is 17.8 Å². The number of alkyl halides is 3. The third-order valence-electron chi connectivity index (χ3n) is 1.64. The SMILES string of the molecule is Cc1[c]cnn1C(C)C(F)(F)F. The highest BCUT2D eigenvalue weighted by molar-refractivity contribution is 4.96. The molecule has 1 unspecified atom stereocenters. The number of aryl methyl sites for hydroxylation is 1. The molecule has 1 aromatic rings. The summed E-state index contributed by atoms with van der Waals surface area (Å²) in [6.07, 6.45) is -3.01. The fourth-order valence-electron chi connectivity index (χ4n) is 0.866. The molecule has 0 aromatic carbocycles. The maximum atomic E-state index is 12.1. The number of halogens is 3. The Hall–Kier alpha value is -1.00. The number of nitrogens with zero attached hydrogens (tertiary/aromatic N) is 2. The molecule has 0 fully saturated rings. The molecule has 0 saturated carbocycles. The molecule has 0 aliphatic rings. The van der Waals surface area contributed by atoms with Gasteiger partial charge in [0.25, 0.3) is 0 Å². The molecule has 1 radical (unpaired) electrons. The van der Waals surface area contributed by atoms with Gasteiger partial charge in [-0.3, -0.25) is 4.68 Å². The average molecular weight is 177 g/mol. The molecule has 1 rings (SSSR count). The maximum absolute atomic E-state index is 12.1. The lowest BCUT2D eigenvalue weighted by Crippen LogP contribution is -2.25. The van der Waals surface area contributed by atoms with Crippen molar-refractivity contribution >= 4 is 0 Å². The minimum Gasteiger partial charge on any atom is -0.257 e. The minimum atomic E-state index is -4.25. The molecule has 0 saturated heterocycles. The van der Waals surface area contributed by atoms with E-state index in [1.54, 1.807) is 0 Å². The Labute approximate surface area is 68.0 Å². The van der Waals surface area contributed by atoms with Crippen LogP contribution in [0.3, 0.4) is 0 Å². The minimum absolute atomic E-state index is 0.389. The van der Waals surface area contributed by atoms with Crippen molar-refractivity contribution in [3.63, 3.8) is 0 Å². The fourth-order valence-corrected chi connectivity index (χ4v) is 0.866. The molecule has 2 nitrogen and oxygen atoms in total. The van der Waals surface area contributed by atoms with Gasteiger partial charge < -0.3 is 0 Å². The largest absolute Gasteiger partial charge is 0.410 e. The van der Waals surface area contributed by atoms with Crippen molar-refractivity contribution in [2.24, 2.45) is 0 Å². The first-order chi connectivity index (χ1) is 5.43. The summed E-state index contributed by atoms with van der Waals surface area (Å²) < 4.78 is 37.3. The zero-order valence-electron chi connectivity index (χ0n) is 6.68. The highest BCUT2D eigenvalue weighted by Crippen LogP contribution is 2.29. The van der Waals surface area contributed by atoms with Gasteiger partial charge in [-0.15, -0.1) is 0 Å². The molecule has 1 heterocycles. The molecule has 0 spiro atoms. The molecule has 0 amide bonds. The molecule has 0 N–H and O–H groups in total. The van der Waals surface area contributed by atoms with E-state index in [0.717, 1.165) is 11.6 Å². The monoisotopic (exact) mass is 177 g/mol. The Bertz CT molecular complexity index is 264. The quantitative estimate of drug-likeness (QED) is 0.642. The molecule has 67 valence electrons. The second-order valence-electron chi connectivity index (χ2n) is 2.54. The van der Waals surface area contributed by atoms with Crippen LogP contribution >= 0.6 is 0 Å². The van der Waals surface area contributed by atoms with Gasteiger partial charge >= 0.3 is 6.18 Å². The summed E-state index contributed by atoms with van der Waals surface area (Å²) in [4.78, 5) is 0. The molecule has 12 heavy (non-hydrogen) atoms. The van der Waals surface area contributed by atoms with Gasteiger partial charge in [0, 0.05) is 11.8 Å². The van der Waals surface area contributed by atoms with Crippen LogP contribution in [-0.2, 0) is 0 Å². The summed E-state index contributed by atoms with van der Waals surface area (Å²) in [6, 6.07) is 0.994. The van der Waals surface area contributed by atoms with Gasteiger partial charge in [-0.2, -0.15) is 18.3 Å². The Morgan fingerprint density at radius 1 is 1.58 bits per heavy atom. The maximum Gasteiger partial charge on any atom is 0.410 e. The van der Waals surface area contributed by atoms with Gasteiger partial charge in [-0.05, 0) is 13.8 Å². The van der Waals surface area contributed by atoms with Crippen LogP contribution in [0, 0.1) is 13.0 Å². The van der Waals surface area contributed by atoms with Gasteiger partial charge in [0.05, 0.1) is 6.20 Å². The van der Waals surface area contributed by atoms with Gasteiger partial charge in [-0.1, -0.05) is 0 Å². The molecule has 1 aromatic heterocycles. The van der Waals surface area contributed by atoms with Crippen molar-refractivity contribution in [1.82, 2.24) is 9.78 Å². The molecule has 0 bridgehead atoms. The standard InChI is InChI=1S/C7H8F3N2/c1-5-3-4-11-12(5)6(2)7(8,9)10/h4,6H,1-2H3. The van der Waals surface area contributed by atoms with E-state index in [1.807, 2.05) is 0 Å². The van der Waals surface area contributed by atoms with E-state index in [1.165, 1.54) is 13.1 Å². The first-order valence-corrected chi connectivity index (χ1v) is 3.41. The van der Waals surface area contributed by atoms with E-state index in [4.69, 9.17) is 0 Å². The molecule has 5 heteroatoms. The van der Waals surface area contributed by atoms with Crippen LogP contribution in [0.4, 0.5) is 13.2 Å². The van der Waals surface area contributed by atoms with Gasteiger partial charge in [0.2, 0.25) is 0 Å². The molecular weight excluding hydrogens is 169 g/mol. The first-order valence-electron chi connectivity index (χ1n) is 3.41. The first kappa shape index (κ1) is 9.09. The van der Waals surface area contributed by atoms with Crippen molar-refractivity contribution < 1.29 is 13.2 Å². The molecule has 0 aliphatic carbocycles. The second-order valence-corrected chi connectivity index (χ2v) is 2.54. The van der Waals surface area contributed by atoms with Crippen molar-refractivity contribution in [3.8, 4) is 0 Å². The Morgan fingerprint density at radius 2 is 2.17 bits per heavy atom. The predicted molar refractivity (Wildman–Crippen MR) is 36.6 cm³/mol. The van der Waals surface area contributed by atoms with Crippen LogP contribution in [-0.4, -0.2) is 16.0 Å². The smallest absolute Gasteiger partial charge is 0.257 e. The lowest BCUT2D eigenvalue weighted by molar-refractivity contribution is -0.165. The van der Waals surface area contributed by atoms with Crippen LogP contribution in [0.25, 0.3) is 0 Å². The fraction of sp³-hybridized carbons (Fsp3) is 0.571. The van der Waals surface area contributed by atoms with E-state index in [2.05, 4.69) is 11.2 Å². The third-order valence-corrected chi connectivity index (χ3v) is 1.64. The third kappa shape index (κ3) is 1.60. The average Bonchev–Trinajstić information content (AvgIpc) is 2.31. The van der Waals surface area contributed by atoms with Crippen molar-refractivity contribution in [3.05, 3.63) is 18.0 Å². The van der Waals surface area contributed by atoms with E-state index in [0.29, 0.717) is 5.69 Å². The van der Waals surface area contributed by atoms with Crippen LogP contribution < -0.4 is 0 Å². The number of rotatable bonds is 1. The predicted octanol–water partition coefficient (Wildman–Crippen LogP) is 2.12. The Morgan fingerprint density at radius 3 is 2.50 bits per heavy atom. The van der Waals surface area contributed by atoms with E-state index in [-0.39, 0.29) is 0 Å². The highest BCUT2D eigenvalue weighted by Gasteiger charge is 2.38. The van der Waals surface area contributed by atoms with Crippen molar-refractivity contribution in [2.75, 3.05) is 0 Å². The summed E-state index contributed by atoms with van der Waals surface area (Å²) in [7, 11) is 0. The Kier molecular flexibility index (Phi) is 2.12. The van der Waals surface area contributed by atoms with Gasteiger partial charge in [0.1, 0.15) is 6.04 Å². The van der Waals surface area contributed by atoms with Crippen LogP contribution in [0.2, 0.25) is 0 Å². The van der Waals surface area contributed by atoms with Crippen molar-refractivity contribution in [2.45, 2.75) is 26.1 Å². The van der Waals surface area contributed by atoms with Crippen LogP contribution in [0.5, 0.6) is 0 Å². The van der Waals surface area contributed by atoms with Gasteiger partial charge in [0.15, 0.2) is 0 Å². The van der Waals surface area contributed by atoms with Crippen molar-refractivity contribution in [1.29, 1.82) is 0 Å². The molecule has 1 atom stereocenters. The summed E-state index contributed by atoms with van der Waals surface area (Å²) in [5.41, 5.74) is 0.389. The second kappa shape index (κ2) is 2.80. The van der Waals surface area contributed by atoms with E-state index in [9.17, 15) is 13.2 Å². The number of hydrogen-bond donors (Lipinski definition) is 0. The summed E-state index contributed by atoms with van der Waals surface area (Å²) in [6.45, 7) is 2.60. The van der Waals surface area contributed by atoms with E-state index >= 15 is 0 Å². The number of hydrogen-bond acceptors (Lipinski definition) is 1. The lowest BCUT2D eigenvalue weighted by atomic mass is 10.3. The summed E-state index contributed by atoms with van der Waals surface area (Å²) in [5.74, 6) is 0. The summed E-state index contributed by atoms with van der Waals surface area (Å²) >= 11 is 0. The lowest BCUT2D eigenvalue weighted by Gasteiger charge is -2.17. The molecular formula is C7H8F3N2. The normalized spacial score (nSPS) is 14.8. The van der Waals surface area contributed by atoms with Crippen LogP contribution in [0.1, 0.15) is 18.7 Å². The van der Waals surface area contributed by atoms with Crippen LogP contribution in [0.15, 0.2) is 6.20 Å².